The summed E-state index contributed by atoms with van der Waals surface area (Å²) in [6, 6.07) is 15.2. The molecule has 8 heteroatoms. The third-order valence-corrected chi connectivity index (χ3v) is 6.48. The monoisotopic (exact) mass is 442 g/mol. The van der Waals surface area contributed by atoms with Crippen molar-refractivity contribution < 1.29 is 9.53 Å². The molecule has 30 heavy (non-hydrogen) atoms. The third-order valence-electron chi connectivity index (χ3n) is 5.08. The number of thioether (sulfide) groups is 1. The van der Waals surface area contributed by atoms with Crippen molar-refractivity contribution in [2.45, 2.75) is 30.4 Å². The molecule has 0 bridgehead atoms. The number of carbonyl (C=O) groups excluding carboxylic acids is 1. The molecular weight excluding hydrogens is 420 g/mol. The summed E-state index contributed by atoms with van der Waals surface area (Å²) in [5.74, 6) is 2.22. The lowest BCUT2D eigenvalue weighted by Crippen LogP contribution is -2.27. The van der Waals surface area contributed by atoms with Crippen LogP contribution in [0.2, 0.25) is 5.02 Å². The number of hydrogen-bond donors (Lipinski definition) is 0. The molecule has 0 aliphatic carbocycles. The molecule has 0 saturated carbocycles. The van der Waals surface area contributed by atoms with Gasteiger partial charge in [-0.3, -0.25) is 4.79 Å². The Hall–Kier alpha value is -2.51. The van der Waals surface area contributed by atoms with Crippen LogP contribution in [0.4, 0.5) is 0 Å². The lowest BCUT2D eigenvalue weighted by atomic mass is 10.1. The zero-order chi connectivity index (χ0) is 20.9. The predicted molar refractivity (Wildman–Crippen MR) is 118 cm³/mol. The predicted octanol–water partition coefficient (Wildman–Crippen LogP) is 4.58. The van der Waals surface area contributed by atoms with Gasteiger partial charge in [0.15, 0.2) is 11.0 Å². The molecule has 4 rings (SSSR count). The maximum absolute atomic E-state index is 12.4. The fraction of sp³-hybridized carbons (Fsp3) is 0.318. The smallest absolute Gasteiger partial charge is 0.253 e. The average molecular weight is 443 g/mol. The molecule has 1 aliphatic heterocycles. The van der Waals surface area contributed by atoms with Crippen molar-refractivity contribution in [2.24, 2.45) is 7.05 Å². The van der Waals surface area contributed by atoms with Gasteiger partial charge in [-0.1, -0.05) is 47.6 Å². The maximum atomic E-state index is 12.4. The van der Waals surface area contributed by atoms with Crippen molar-refractivity contribution in [3.8, 4) is 5.75 Å². The molecular formula is C22H23ClN4O2S. The van der Waals surface area contributed by atoms with Gasteiger partial charge in [0.1, 0.15) is 12.4 Å². The zero-order valence-corrected chi connectivity index (χ0v) is 18.3. The Labute approximate surface area is 185 Å². The van der Waals surface area contributed by atoms with Crippen LogP contribution in [0.3, 0.4) is 0 Å². The number of carbonyl (C=O) groups is 1. The van der Waals surface area contributed by atoms with Gasteiger partial charge < -0.3 is 14.2 Å². The molecule has 0 atom stereocenters. The Morgan fingerprint density at radius 3 is 2.57 bits per heavy atom. The highest BCUT2D eigenvalue weighted by molar-refractivity contribution is 7.98. The topological polar surface area (TPSA) is 60.2 Å². The number of hydrogen-bond acceptors (Lipinski definition) is 5. The minimum absolute atomic E-state index is 0.128. The van der Waals surface area contributed by atoms with E-state index < -0.39 is 0 Å². The first-order valence-electron chi connectivity index (χ1n) is 9.88. The SMILES string of the molecule is Cn1c(COc2ccccc2Cl)nnc1SCc1ccc(C(=O)N2CCCC2)cc1. The van der Waals surface area contributed by atoms with E-state index in [0.717, 1.165) is 53.8 Å². The van der Waals surface area contributed by atoms with Crippen LogP contribution in [0.15, 0.2) is 53.7 Å². The van der Waals surface area contributed by atoms with E-state index in [1.54, 1.807) is 17.8 Å². The Bertz CT molecular complexity index is 1020. The van der Waals surface area contributed by atoms with Crippen LogP contribution in [0.5, 0.6) is 5.75 Å². The van der Waals surface area contributed by atoms with Crippen molar-refractivity contribution in [1.82, 2.24) is 19.7 Å². The largest absolute Gasteiger partial charge is 0.484 e. The van der Waals surface area contributed by atoms with E-state index in [1.807, 2.05) is 59.0 Å². The summed E-state index contributed by atoms with van der Waals surface area (Å²) in [7, 11) is 1.92. The highest BCUT2D eigenvalue weighted by Crippen LogP contribution is 2.25. The van der Waals surface area contributed by atoms with Crippen molar-refractivity contribution in [3.05, 3.63) is 70.5 Å². The minimum Gasteiger partial charge on any atom is -0.484 e. The summed E-state index contributed by atoms with van der Waals surface area (Å²) in [5, 5.41) is 9.87. The molecule has 1 saturated heterocycles. The van der Waals surface area contributed by atoms with E-state index in [9.17, 15) is 4.79 Å². The quantitative estimate of drug-likeness (QED) is 0.501. The number of para-hydroxylation sites is 1. The van der Waals surface area contributed by atoms with Crippen LogP contribution in [0, 0.1) is 0 Å². The first kappa shape index (κ1) is 20.8. The standard InChI is InChI=1S/C22H23ClN4O2S/c1-26-20(14-29-19-7-3-2-6-18(19)23)24-25-22(26)30-15-16-8-10-17(11-9-16)21(28)27-12-4-5-13-27/h2-3,6-11H,4-5,12-15H2,1H3. The lowest BCUT2D eigenvalue weighted by molar-refractivity contribution is 0.0793. The number of nitrogens with zero attached hydrogens (tertiary/aromatic N) is 4. The van der Waals surface area contributed by atoms with Gasteiger partial charge in [-0.25, -0.2) is 0 Å². The highest BCUT2D eigenvalue weighted by atomic mass is 35.5. The summed E-state index contributed by atoms with van der Waals surface area (Å²) in [5.41, 5.74) is 1.89. The first-order valence-corrected chi connectivity index (χ1v) is 11.2. The molecule has 6 nitrogen and oxygen atoms in total. The molecule has 0 N–H and O–H groups in total. The summed E-state index contributed by atoms with van der Waals surface area (Å²) in [6.07, 6.45) is 2.20. The summed E-state index contributed by atoms with van der Waals surface area (Å²) in [6.45, 7) is 2.03. The van der Waals surface area contributed by atoms with Gasteiger partial charge in [-0.2, -0.15) is 0 Å². The minimum atomic E-state index is 0.128. The summed E-state index contributed by atoms with van der Waals surface area (Å²) >= 11 is 7.72. The van der Waals surface area contributed by atoms with Crippen LogP contribution >= 0.6 is 23.4 Å². The van der Waals surface area contributed by atoms with Gasteiger partial charge in [0.2, 0.25) is 0 Å². The number of benzene rings is 2. The van der Waals surface area contributed by atoms with Gasteiger partial charge in [0.25, 0.3) is 5.91 Å². The molecule has 3 aromatic rings. The number of halogens is 1. The number of amides is 1. The van der Waals surface area contributed by atoms with Gasteiger partial charge in [-0.05, 0) is 42.7 Å². The van der Waals surface area contributed by atoms with Gasteiger partial charge >= 0.3 is 0 Å². The van der Waals surface area contributed by atoms with Crippen LogP contribution < -0.4 is 4.74 Å². The van der Waals surface area contributed by atoms with E-state index >= 15 is 0 Å². The second kappa shape index (κ2) is 9.53. The van der Waals surface area contributed by atoms with Crippen molar-refractivity contribution in [3.63, 3.8) is 0 Å². The molecule has 2 heterocycles. The molecule has 156 valence electrons. The number of likely N-dealkylation sites (tertiary alicyclic amines) is 1. The fourth-order valence-corrected chi connectivity index (χ4v) is 4.37. The van der Waals surface area contributed by atoms with Crippen molar-refractivity contribution in [2.75, 3.05) is 13.1 Å². The van der Waals surface area contributed by atoms with Gasteiger partial charge in [0, 0.05) is 31.5 Å². The molecule has 0 unspecified atom stereocenters. The van der Waals surface area contributed by atoms with E-state index in [-0.39, 0.29) is 5.91 Å². The first-order chi connectivity index (χ1) is 14.6. The molecule has 1 fully saturated rings. The van der Waals surface area contributed by atoms with E-state index in [2.05, 4.69) is 10.2 Å². The Morgan fingerprint density at radius 1 is 1.10 bits per heavy atom. The zero-order valence-electron chi connectivity index (χ0n) is 16.8. The molecule has 2 aromatic carbocycles. The second-order valence-corrected chi connectivity index (χ2v) is 8.51. The van der Waals surface area contributed by atoms with Crippen LogP contribution in [-0.2, 0) is 19.4 Å². The van der Waals surface area contributed by atoms with Crippen LogP contribution in [0.1, 0.15) is 34.6 Å². The summed E-state index contributed by atoms with van der Waals surface area (Å²) < 4.78 is 7.68. The van der Waals surface area contributed by atoms with Crippen LogP contribution in [-0.4, -0.2) is 38.7 Å². The highest BCUT2D eigenvalue weighted by Gasteiger charge is 2.19. The maximum Gasteiger partial charge on any atom is 0.253 e. The summed E-state index contributed by atoms with van der Waals surface area (Å²) in [4.78, 5) is 14.4. The number of aromatic nitrogens is 3. The van der Waals surface area contributed by atoms with Gasteiger partial charge in [0.05, 0.1) is 5.02 Å². The second-order valence-electron chi connectivity index (χ2n) is 7.16. The molecule has 1 aromatic heterocycles. The number of ether oxygens (including phenoxy) is 1. The molecule has 1 aliphatic rings. The van der Waals surface area contributed by atoms with Crippen molar-refractivity contribution >= 4 is 29.3 Å². The van der Waals surface area contributed by atoms with Crippen molar-refractivity contribution in [1.29, 1.82) is 0 Å². The third kappa shape index (κ3) is 4.79. The molecule has 0 spiro atoms. The molecule has 1 amide bonds. The molecule has 0 radical (unpaired) electrons. The van der Waals surface area contributed by atoms with E-state index in [4.69, 9.17) is 16.3 Å². The van der Waals surface area contributed by atoms with Gasteiger partial charge in [-0.15, -0.1) is 10.2 Å². The number of rotatable bonds is 7. The van der Waals surface area contributed by atoms with E-state index in [0.29, 0.717) is 17.4 Å². The Kier molecular flexibility index (Phi) is 6.59. The van der Waals surface area contributed by atoms with E-state index in [1.165, 1.54) is 0 Å². The van der Waals surface area contributed by atoms with Crippen LogP contribution in [0.25, 0.3) is 0 Å². The normalized spacial score (nSPS) is 13.6. The Morgan fingerprint density at radius 2 is 1.83 bits per heavy atom. The fourth-order valence-electron chi connectivity index (χ4n) is 3.29. The average Bonchev–Trinajstić information content (AvgIpc) is 3.42. The Balaban J connectivity index is 1.33. The lowest BCUT2D eigenvalue weighted by Gasteiger charge is -2.15.